The molecule has 0 saturated heterocycles. The zero-order valence-corrected chi connectivity index (χ0v) is 17.5. The Labute approximate surface area is 186 Å². The predicted molar refractivity (Wildman–Crippen MR) is 111 cm³/mol. The van der Waals surface area contributed by atoms with Crippen molar-refractivity contribution in [2.24, 2.45) is 0 Å². The van der Waals surface area contributed by atoms with E-state index in [9.17, 15) is 9.59 Å². The standard InChI is InChI=1S/C22H12N2O4.Na/c25-21-15-5-1-3-7-17(15)23-19(27-21)13-9-11-14(12-10-13)20-24-18-8-4-2-6-16(18)22(26)28-20;/h1-12H;. The average molecular weight is 391 g/mol. The van der Waals surface area contributed by atoms with Gasteiger partial charge < -0.3 is 8.83 Å². The van der Waals surface area contributed by atoms with Gasteiger partial charge in [0, 0.05) is 40.7 Å². The van der Waals surface area contributed by atoms with Crippen molar-refractivity contribution in [2.75, 3.05) is 0 Å². The van der Waals surface area contributed by atoms with Gasteiger partial charge >= 0.3 is 11.3 Å². The molecule has 5 aromatic rings. The van der Waals surface area contributed by atoms with Gasteiger partial charge in [-0.15, -0.1) is 0 Å². The summed E-state index contributed by atoms with van der Waals surface area (Å²) in [5, 5.41) is 0.870. The molecule has 0 amide bonds. The molecule has 29 heavy (non-hydrogen) atoms. The van der Waals surface area contributed by atoms with Crippen molar-refractivity contribution in [1.82, 2.24) is 9.97 Å². The van der Waals surface area contributed by atoms with Crippen molar-refractivity contribution >= 4 is 51.4 Å². The second-order valence-corrected chi connectivity index (χ2v) is 6.22. The van der Waals surface area contributed by atoms with E-state index in [-0.39, 0.29) is 41.3 Å². The molecule has 1 radical (unpaired) electrons. The number of hydrogen-bond acceptors (Lipinski definition) is 6. The van der Waals surface area contributed by atoms with Crippen LogP contribution in [0.15, 0.2) is 91.2 Å². The van der Waals surface area contributed by atoms with Crippen LogP contribution in [-0.4, -0.2) is 39.5 Å². The topological polar surface area (TPSA) is 86.2 Å². The molecule has 0 spiro atoms. The van der Waals surface area contributed by atoms with Crippen LogP contribution in [0.2, 0.25) is 0 Å². The first-order valence-electron chi connectivity index (χ1n) is 8.60. The Bertz CT molecular complexity index is 1340. The number of fused-ring (bicyclic) bond motifs is 2. The van der Waals surface area contributed by atoms with Crippen LogP contribution in [-0.2, 0) is 0 Å². The quantitative estimate of drug-likeness (QED) is 0.427. The first-order valence-corrected chi connectivity index (χ1v) is 8.60. The van der Waals surface area contributed by atoms with Crippen LogP contribution < -0.4 is 11.3 Å². The Kier molecular flexibility index (Phi) is 5.15. The first-order chi connectivity index (χ1) is 13.7. The van der Waals surface area contributed by atoms with Gasteiger partial charge in [-0.05, 0) is 48.5 Å². The summed E-state index contributed by atoms with van der Waals surface area (Å²) in [6, 6.07) is 21.0. The minimum absolute atomic E-state index is 0. The smallest absolute Gasteiger partial charge is 0.347 e. The Morgan fingerprint density at radius 1 is 0.552 bits per heavy atom. The van der Waals surface area contributed by atoms with Crippen LogP contribution >= 0.6 is 0 Å². The number of hydrogen-bond donors (Lipinski definition) is 0. The predicted octanol–water partition coefficient (Wildman–Crippen LogP) is 3.64. The molecule has 5 rings (SSSR count). The molecule has 0 bridgehead atoms. The van der Waals surface area contributed by atoms with Gasteiger partial charge in [0.15, 0.2) is 0 Å². The molecule has 0 N–H and O–H groups in total. The first kappa shape index (κ1) is 19.3. The van der Waals surface area contributed by atoms with E-state index in [0.29, 0.717) is 32.9 Å². The number of aromatic nitrogens is 2. The summed E-state index contributed by atoms with van der Waals surface area (Å²) in [4.78, 5) is 33.1. The van der Waals surface area contributed by atoms with Crippen molar-refractivity contribution < 1.29 is 8.83 Å². The Hall–Kier alpha value is -3.06. The van der Waals surface area contributed by atoms with Gasteiger partial charge in [0.25, 0.3) is 0 Å². The third-order valence-electron chi connectivity index (χ3n) is 4.45. The summed E-state index contributed by atoms with van der Waals surface area (Å²) in [6.07, 6.45) is 0. The van der Waals surface area contributed by atoms with E-state index in [1.54, 1.807) is 60.7 Å². The molecule has 3 aromatic carbocycles. The van der Waals surface area contributed by atoms with Crippen molar-refractivity contribution in [2.45, 2.75) is 0 Å². The van der Waals surface area contributed by atoms with Gasteiger partial charge in [0.1, 0.15) is 0 Å². The molecule has 7 heteroatoms. The third kappa shape index (κ3) is 3.53. The molecule has 0 aliphatic heterocycles. The zero-order valence-electron chi connectivity index (χ0n) is 15.5. The Morgan fingerprint density at radius 2 is 0.931 bits per heavy atom. The van der Waals surface area contributed by atoms with E-state index in [0.717, 1.165) is 0 Å². The summed E-state index contributed by atoms with van der Waals surface area (Å²) < 4.78 is 10.7. The molecule has 135 valence electrons. The Balaban J connectivity index is 0.00000205. The average Bonchev–Trinajstić information content (AvgIpc) is 2.74. The van der Waals surface area contributed by atoms with E-state index in [1.165, 1.54) is 0 Å². The van der Waals surface area contributed by atoms with Gasteiger partial charge in [0.05, 0.1) is 21.8 Å². The fraction of sp³-hybridized carbons (Fsp3) is 0. The summed E-state index contributed by atoms with van der Waals surface area (Å²) in [5.74, 6) is 0.450. The van der Waals surface area contributed by atoms with Crippen LogP contribution in [0.5, 0.6) is 0 Å². The maximum atomic E-state index is 12.2. The Morgan fingerprint density at radius 3 is 1.34 bits per heavy atom. The zero-order chi connectivity index (χ0) is 19.1. The summed E-state index contributed by atoms with van der Waals surface area (Å²) >= 11 is 0. The van der Waals surface area contributed by atoms with E-state index in [2.05, 4.69) is 9.97 Å². The van der Waals surface area contributed by atoms with E-state index in [1.807, 2.05) is 12.1 Å². The van der Waals surface area contributed by atoms with Gasteiger partial charge in [-0.2, -0.15) is 0 Å². The monoisotopic (exact) mass is 391 g/mol. The van der Waals surface area contributed by atoms with E-state index in [4.69, 9.17) is 8.83 Å². The molecule has 0 saturated carbocycles. The normalized spacial score (nSPS) is 10.8. The number of benzene rings is 3. The van der Waals surface area contributed by atoms with Crippen LogP contribution in [0.1, 0.15) is 0 Å². The van der Waals surface area contributed by atoms with Crippen LogP contribution in [0, 0.1) is 0 Å². The van der Waals surface area contributed by atoms with E-state index >= 15 is 0 Å². The van der Waals surface area contributed by atoms with Gasteiger partial charge in [-0.3, -0.25) is 0 Å². The van der Waals surface area contributed by atoms with Crippen molar-refractivity contribution in [3.63, 3.8) is 0 Å². The molecule has 0 fully saturated rings. The SMILES string of the molecule is O=c1oc(-c2ccc(-c3nc4ccccc4c(=O)o3)cc2)nc2ccccc12.[Na]. The van der Waals surface area contributed by atoms with E-state index < -0.39 is 11.3 Å². The molecule has 6 nitrogen and oxygen atoms in total. The van der Waals surface area contributed by atoms with Crippen molar-refractivity contribution in [1.29, 1.82) is 0 Å². The molecular formula is C22H12N2NaO4. The summed E-state index contributed by atoms with van der Waals surface area (Å²) in [6.45, 7) is 0. The molecule has 2 heterocycles. The van der Waals surface area contributed by atoms with Gasteiger partial charge in [-0.25, -0.2) is 19.6 Å². The molecule has 0 atom stereocenters. The molecule has 0 aliphatic rings. The molecular weight excluding hydrogens is 379 g/mol. The fourth-order valence-corrected chi connectivity index (χ4v) is 3.04. The summed E-state index contributed by atoms with van der Waals surface area (Å²) in [7, 11) is 0. The number of nitrogens with zero attached hydrogens (tertiary/aromatic N) is 2. The number of rotatable bonds is 2. The third-order valence-corrected chi connectivity index (χ3v) is 4.45. The molecule has 0 unspecified atom stereocenters. The largest absolute Gasteiger partial charge is 0.403 e. The van der Waals surface area contributed by atoms with Crippen LogP contribution in [0.4, 0.5) is 0 Å². The fourth-order valence-electron chi connectivity index (χ4n) is 3.04. The van der Waals surface area contributed by atoms with Crippen molar-refractivity contribution in [3.8, 4) is 22.9 Å². The van der Waals surface area contributed by atoms with Gasteiger partial charge in [0.2, 0.25) is 11.8 Å². The maximum Gasteiger partial charge on any atom is 0.347 e. The number of para-hydroxylation sites is 2. The second-order valence-electron chi connectivity index (χ2n) is 6.22. The molecule has 0 aliphatic carbocycles. The minimum Gasteiger partial charge on any atom is -0.403 e. The van der Waals surface area contributed by atoms with Crippen molar-refractivity contribution in [3.05, 3.63) is 93.6 Å². The van der Waals surface area contributed by atoms with Gasteiger partial charge in [-0.1, -0.05) is 24.3 Å². The summed E-state index contributed by atoms with van der Waals surface area (Å²) in [5.41, 5.74) is 1.53. The molecule has 2 aromatic heterocycles. The second kappa shape index (κ2) is 7.75. The van der Waals surface area contributed by atoms with Crippen LogP contribution in [0.3, 0.4) is 0 Å². The van der Waals surface area contributed by atoms with Crippen LogP contribution in [0.25, 0.3) is 44.7 Å². The minimum atomic E-state index is -0.438. The maximum absolute atomic E-state index is 12.2.